The fourth-order valence-corrected chi connectivity index (χ4v) is 2.66. The number of esters is 1. The van der Waals surface area contributed by atoms with Crippen LogP contribution in [0.2, 0.25) is 10.2 Å². The van der Waals surface area contributed by atoms with Gasteiger partial charge in [-0.1, -0.05) is 29.3 Å². The van der Waals surface area contributed by atoms with Crippen molar-refractivity contribution in [3.05, 3.63) is 51.8 Å². The van der Waals surface area contributed by atoms with E-state index < -0.39 is 18.5 Å². The van der Waals surface area contributed by atoms with Crippen molar-refractivity contribution in [3.63, 3.8) is 0 Å². The first-order valence-corrected chi connectivity index (χ1v) is 8.92. The van der Waals surface area contributed by atoms with E-state index in [4.69, 9.17) is 37.4 Å². The van der Waals surface area contributed by atoms with Crippen molar-refractivity contribution in [2.75, 3.05) is 26.4 Å². The molecule has 1 aliphatic rings. The van der Waals surface area contributed by atoms with Gasteiger partial charge in [-0.3, -0.25) is 4.79 Å². The summed E-state index contributed by atoms with van der Waals surface area (Å²) in [4.78, 5) is 27.5. The van der Waals surface area contributed by atoms with Crippen LogP contribution >= 0.6 is 23.2 Å². The van der Waals surface area contributed by atoms with Crippen LogP contribution in [-0.4, -0.2) is 43.2 Å². The molecule has 0 fully saturated rings. The van der Waals surface area contributed by atoms with Gasteiger partial charge in [-0.15, -0.1) is 0 Å². The lowest BCUT2D eigenvalue weighted by Gasteiger charge is -2.18. The Morgan fingerprint density at radius 2 is 1.93 bits per heavy atom. The van der Waals surface area contributed by atoms with E-state index in [-0.39, 0.29) is 15.7 Å². The largest absolute Gasteiger partial charge is 0.486 e. The summed E-state index contributed by atoms with van der Waals surface area (Å²) in [5, 5.41) is 2.91. The van der Waals surface area contributed by atoms with Crippen molar-refractivity contribution in [1.82, 2.24) is 10.3 Å². The van der Waals surface area contributed by atoms with E-state index in [1.165, 1.54) is 12.3 Å². The van der Waals surface area contributed by atoms with Gasteiger partial charge < -0.3 is 19.5 Å². The van der Waals surface area contributed by atoms with E-state index in [0.717, 1.165) is 11.3 Å². The van der Waals surface area contributed by atoms with Crippen LogP contribution in [-0.2, 0) is 16.0 Å². The van der Waals surface area contributed by atoms with Gasteiger partial charge in [0.2, 0.25) is 0 Å². The number of hydrogen-bond donors (Lipinski definition) is 1. The average Bonchev–Trinajstić information content (AvgIpc) is 2.68. The van der Waals surface area contributed by atoms with E-state index in [2.05, 4.69) is 10.3 Å². The van der Waals surface area contributed by atoms with Crippen molar-refractivity contribution >= 4 is 35.1 Å². The van der Waals surface area contributed by atoms with Gasteiger partial charge in [0, 0.05) is 12.7 Å². The fourth-order valence-electron chi connectivity index (χ4n) is 2.39. The van der Waals surface area contributed by atoms with Crippen molar-refractivity contribution in [3.8, 4) is 11.5 Å². The van der Waals surface area contributed by atoms with Crippen molar-refractivity contribution < 1.29 is 23.8 Å². The highest BCUT2D eigenvalue weighted by molar-refractivity contribution is 6.41. The standard InChI is InChI=1S/C18H16Cl2N2O5/c19-13-8-12(9-22-17(13)20)18(24)27-10-16(23)21-4-3-11-1-2-14-15(7-11)26-6-5-25-14/h1-2,7-9H,3-6,10H2,(H,21,23). The molecule has 9 heteroatoms. The molecule has 0 spiro atoms. The van der Waals surface area contributed by atoms with Crippen LogP contribution in [0.25, 0.3) is 0 Å². The minimum absolute atomic E-state index is 0.0881. The number of carbonyl (C=O) groups is 2. The van der Waals surface area contributed by atoms with E-state index in [1.54, 1.807) is 0 Å². The van der Waals surface area contributed by atoms with Gasteiger partial charge in [0.1, 0.15) is 18.4 Å². The molecule has 0 radical (unpaired) electrons. The van der Waals surface area contributed by atoms with Crippen molar-refractivity contribution in [1.29, 1.82) is 0 Å². The first kappa shape index (κ1) is 19.3. The number of rotatable bonds is 6. The topological polar surface area (TPSA) is 86.8 Å². The fraction of sp³-hybridized carbons (Fsp3) is 0.278. The first-order chi connectivity index (χ1) is 13.0. The zero-order chi connectivity index (χ0) is 19.2. The number of aromatic nitrogens is 1. The highest BCUT2D eigenvalue weighted by Gasteiger charge is 2.14. The number of ether oxygens (including phenoxy) is 3. The van der Waals surface area contributed by atoms with Gasteiger partial charge in [-0.25, -0.2) is 9.78 Å². The third-order valence-electron chi connectivity index (χ3n) is 3.71. The predicted octanol–water partition coefficient (Wildman–Crippen LogP) is 2.68. The minimum atomic E-state index is -0.706. The lowest BCUT2D eigenvalue weighted by molar-refractivity contribution is -0.124. The quantitative estimate of drug-likeness (QED) is 0.581. The Morgan fingerprint density at radius 3 is 2.70 bits per heavy atom. The minimum Gasteiger partial charge on any atom is -0.486 e. The Morgan fingerprint density at radius 1 is 1.15 bits per heavy atom. The summed E-state index contributed by atoms with van der Waals surface area (Å²) in [6.45, 7) is 1.05. The molecule has 7 nitrogen and oxygen atoms in total. The van der Waals surface area contributed by atoms with Crippen LogP contribution in [0.15, 0.2) is 30.5 Å². The van der Waals surface area contributed by atoms with E-state index in [1.807, 2.05) is 18.2 Å². The maximum absolute atomic E-state index is 11.9. The van der Waals surface area contributed by atoms with Gasteiger partial charge in [0.25, 0.3) is 5.91 Å². The summed E-state index contributed by atoms with van der Waals surface area (Å²) < 4.78 is 15.9. The number of nitrogens with zero attached hydrogens (tertiary/aromatic N) is 1. The Bertz CT molecular complexity index is 860. The Balaban J connectivity index is 1.42. The maximum atomic E-state index is 11.9. The maximum Gasteiger partial charge on any atom is 0.340 e. The first-order valence-electron chi connectivity index (χ1n) is 8.16. The van der Waals surface area contributed by atoms with Gasteiger partial charge in [0.05, 0.1) is 10.6 Å². The van der Waals surface area contributed by atoms with Gasteiger partial charge >= 0.3 is 5.97 Å². The number of nitrogens with one attached hydrogen (secondary N) is 1. The summed E-state index contributed by atoms with van der Waals surface area (Å²) >= 11 is 11.5. The second-order valence-electron chi connectivity index (χ2n) is 5.65. The molecular formula is C18H16Cl2N2O5. The highest BCUT2D eigenvalue weighted by Crippen LogP contribution is 2.30. The molecule has 2 heterocycles. The molecule has 0 unspecified atom stereocenters. The predicted molar refractivity (Wildman–Crippen MR) is 98.7 cm³/mol. The van der Waals surface area contributed by atoms with Crippen molar-refractivity contribution in [2.24, 2.45) is 0 Å². The number of carbonyl (C=O) groups excluding carboxylic acids is 2. The Hall–Kier alpha value is -2.51. The average molecular weight is 411 g/mol. The molecule has 1 aromatic carbocycles. The van der Waals surface area contributed by atoms with E-state index in [9.17, 15) is 9.59 Å². The zero-order valence-corrected chi connectivity index (χ0v) is 15.7. The number of hydrogen-bond acceptors (Lipinski definition) is 6. The van der Waals surface area contributed by atoms with Crippen molar-refractivity contribution in [2.45, 2.75) is 6.42 Å². The monoisotopic (exact) mass is 410 g/mol. The second kappa shape index (κ2) is 8.92. The Labute approximate surface area is 165 Å². The summed E-state index contributed by atoms with van der Waals surface area (Å²) in [6.07, 6.45) is 1.84. The summed E-state index contributed by atoms with van der Waals surface area (Å²) in [7, 11) is 0. The lowest BCUT2D eigenvalue weighted by Crippen LogP contribution is -2.30. The SMILES string of the molecule is O=C(COC(=O)c1cnc(Cl)c(Cl)c1)NCCc1ccc2c(c1)OCCO2. The molecular weight excluding hydrogens is 395 g/mol. The number of benzene rings is 1. The molecule has 1 aromatic heterocycles. The molecule has 0 atom stereocenters. The number of fused-ring (bicyclic) bond motifs is 1. The number of halogens is 2. The second-order valence-corrected chi connectivity index (χ2v) is 6.42. The molecule has 1 N–H and O–H groups in total. The molecule has 1 amide bonds. The molecule has 27 heavy (non-hydrogen) atoms. The zero-order valence-electron chi connectivity index (χ0n) is 14.2. The molecule has 2 aromatic rings. The van der Waals surface area contributed by atoms with Gasteiger partial charge in [0.15, 0.2) is 18.1 Å². The molecule has 142 valence electrons. The number of pyridine rings is 1. The summed E-state index contributed by atoms with van der Waals surface area (Å²) in [6, 6.07) is 6.98. The summed E-state index contributed by atoms with van der Waals surface area (Å²) in [5.41, 5.74) is 1.12. The van der Waals surface area contributed by atoms with Crippen LogP contribution in [0.3, 0.4) is 0 Å². The lowest BCUT2D eigenvalue weighted by atomic mass is 10.1. The van der Waals surface area contributed by atoms with E-state index in [0.29, 0.717) is 31.9 Å². The van der Waals surface area contributed by atoms with Crippen LogP contribution < -0.4 is 14.8 Å². The van der Waals surface area contributed by atoms with Gasteiger partial charge in [-0.2, -0.15) is 0 Å². The normalized spacial score (nSPS) is 12.4. The summed E-state index contributed by atoms with van der Waals surface area (Å²) in [5.74, 6) is 0.309. The van der Waals surface area contributed by atoms with Crippen LogP contribution in [0, 0.1) is 0 Å². The third-order valence-corrected chi connectivity index (χ3v) is 4.39. The van der Waals surface area contributed by atoms with Crippen LogP contribution in [0.5, 0.6) is 11.5 Å². The molecule has 0 saturated carbocycles. The smallest absolute Gasteiger partial charge is 0.340 e. The molecule has 0 bridgehead atoms. The van der Waals surface area contributed by atoms with Gasteiger partial charge in [-0.05, 0) is 30.2 Å². The van der Waals surface area contributed by atoms with Crippen LogP contribution in [0.4, 0.5) is 0 Å². The van der Waals surface area contributed by atoms with E-state index >= 15 is 0 Å². The third kappa shape index (κ3) is 5.24. The number of amides is 1. The molecule has 3 rings (SSSR count). The van der Waals surface area contributed by atoms with Crippen LogP contribution in [0.1, 0.15) is 15.9 Å². The highest BCUT2D eigenvalue weighted by atomic mass is 35.5. The molecule has 0 saturated heterocycles. The Kier molecular flexibility index (Phi) is 6.36. The molecule has 0 aliphatic carbocycles. The molecule has 1 aliphatic heterocycles.